The van der Waals surface area contributed by atoms with Crippen molar-refractivity contribution < 1.29 is 4.48 Å². The second-order valence-electron chi connectivity index (χ2n) is 4.38. The summed E-state index contributed by atoms with van der Waals surface area (Å²) in [5.41, 5.74) is 0. The van der Waals surface area contributed by atoms with E-state index in [2.05, 4.69) is 19.2 Å². The third-order valence-corrected chi connectivity index (χ3v) is 3.59. The van der Waals surface area contributed by atoms with Crippen LogP contribution in [0, 0.1) is 0 Å². The minimum Gasteiger partial charge on any atom is -0.319 e. The summed E-state index contributed by atoms with van der Waals surface area (Å²) in [5.74, 6) is 0. The van der Waals surface area contributed by atoms with Crippen LogP contribution >= 0.6 is 0 Å². The van der Waals surface area contributed by atoms with Gasteiger partial charge in [-0.15, -0.1) is 0 Å². The van der Waals surface area contributed by atoms with Gasteiger partial charge in [-0.05, 0) is 13.8 Å². The first-order valence-corrected chi connectivity index (χ1v) is 4.82. The fraction of sp³-hybridized carbons (Fsp3) is 1.00. The van der Waals surface area contributed by atoms with E-state index in [1.807, 2.05) is 0 Å². The molecule has 2 fully saturated rings. The van der Waals surface area contributed by atoms with Crippen LogP contribution in [0.3, 0.4) is 0 Å². The molecule has 2 heteroatoms. The number of hydrogen-bond acceptors (Lipinski definition) is 1. The lowest BCUT2D eigenvalue weighted by atomic mass is 10.2. The molecule has 0 aromatic rings. The highest BCUT2D eigenvalue weighted by molar-refractivity contribution is 4.78. The van der Waals surface area contributed by atoms with Gasteiger partial charge in [0.25, 0.3) is 0 Å². The lowest BCUT2D eigenvalue weighted by Gasteiger charge is -2.41. The average Bonchev–Trinajstić information content (AvgIpc) is 2.29. The van der Waals surface area contributed by atoms with Crippen molar-refractivity contribution in [2.45, 2.75) is 32.4 Å². The first-order chi connectivity index (χ1) is 5.23. The Kier molecular flexibility index (Phi) is 1.69. The minimum absolute atomic E-state index is 0.835. The van der Waals surface area contributed by atoms with E-state index in [1.54, 1.807) is 0 Å². The number of hydrogen-bond donors (Lipinski definition) is 1. The third kappa shape index (κ3) is 1.09. The molecule has 2 atom stereocenters. The van der Waals surface area contributed by atoms with Crippen LogP contribution in [0.25, 0.3) is 0 Å². The van der Waals surface area contributed by atoms with Gasteiger partial charge in [-0.1, -0.05) is 0 Å². The molecule has 2 aliphatic heterocycles. The molecule has 0 amide bonds. The molecule has 0 aromatic carbocycles. The maximum absolute atomic E-state index is 3.57. The third-order valence-electron chi connectivity index (χ3n) is 3.59. The summed E-state index contributed by atoms with van der Waals surface area (Å²) in [7, 11) is 0. The van der Waals surface area contributed by atoms with E-state index in [1.165, 1.54) is 37.1 Å². The summed E-state index contributed by atoms with van der Waals surface area (Å²) in [6.45, 7) is 10.1. The van der Waals surface area contributed by atoms with Gasteiger partial charge >= 0.3 is 0 Å². The summed E-state index contributed by atoms with van der Waals surface area (Å²) in [6.07, 6.45) is 1.40. The van der Waals surface area contributed by atoms with Crippen molar-refractivity contribution in [2.75, 3.05) is 26.2 Å². The number of nitrogens with one attached hydrogen (secondary N) is 1. The maximum Gasteiger partial charge on any atom is 0.0947 e. The van der Waals surface area contributed by atoms with E-state index in [9.17, 15) is 0 Å². The lowest BCUT2D eigenvalue weighted by molar-refractivity contribution is -0.938. The first kappa shape index (κ1) is 7.56. The topological polar surface area (TPSA) is 12.0 Å². The van der Waals surface area contributed by atoms with Crippen molar-refractivity contribution in [3.8, 4) is 0 Å². The van der Waals surface area contributed by atoms with Crippen LogP contribution in [0.4, 0.5) is 0 Å². The molecule has 2 aliphatic rings. The molecule has 0 spiro atoms. The summed E-state index contributed by atoms with van der Waals surface area (Å²) in [4.78, 5) is 0. The second-order valence-corrected chi connectivity index (χ2v) is 4.38. The molecule has 0 saturated carbocycles. The molecule has 0 radical (unpaired) electrons. The van der Waals surface area contributed by atoms with Crippen molar-refractivity contribution in [1.29, 1.82) is 0 Å². The molecule has 64 valence electrons. The van der Waals surface area contributed by atoms with Gasteiger partial charge in [0.05, 0.1) is 31.7 Å². The molecular formula is C9H19N2+. The van der Waals surface area contributed by atoms with Crippen LogP contribution in [-0.2, 0) is 0 Å². The van der Waals surface area contributed by atoms with Gasteiger partial charge in [-0.3, -0.25) is 0 Å². The molecule has 2 heterocycles. The van der Waals surface area contributed by atoms with E-state index < -0.39 is 0 Å². The molecule has 2 rings (SSSR count). The number of nitrogens with zero attached hydrogens (tertiary/aromatic N) is 1. The van der Waals surface area contributed by atoms with E-state index in [0.29, 0.717) is 0 Å². The second kappa shape index (κ2) is 2.46. The largest absolute Gasteiger partial charge is 0.319 e. The molecule has 2 bridgehead atoms. The van der Waals surface area contributed by atoms with Crippen molar-refractivity contribution in [2.24, 2.45) is 0 Å². The summed E-state index contributed by atoms with van der Waals surface area (Å²) >= 11 is 0. The van der Waals surface area contributed by atoms with Gasteiger partial charge in [0.15, 0.2) is 0 Å². The zero-order chi connectivity index (χ0) is 7.90. The van der Waals surface area contributed by atoms with E-state index in [4.69, 9.17) is 0 Å². The van der Waals surface area contributed by atoms with Crippen LogP contribution in [0.5, 0.6) is 0 Å². The Balaban J connectivity index is 2.13. The first-order valence-electron chi connectivity index (χ1n) is 4.82. The van der Waals surface area contributed by atoms with Gasteiger partial charge in [0, 0.05) is 13.0 Å². The zero-order valence-electron chi connectivity index (χ0n) is 7.64. The SMILES string of the molecule is CC(C)[N+]12CCNC(CC1)C2. The highest BCUT2D eigenvalue weighted by Gasteiger charge is 2.42. The predicted molar refractivity (Wildman–Crippen MR) is 46.4 cm³/mol. The Bertz CT molecular complexity index is 152. The highest BCUT2D eigenvalue weighted by atomic mass is 15.4. The lowest BCUT2D eigenvalue weighted by Crippen LogP contribution is -2.59. The zero-order valence-corrected chi connectivity index (χ0v) is 7.64. The molecule has 0 aliphatic carbocycles. The number of fused-ring (bicyclic) bond motifs is 2. The van der Waals surface area contributed by atoms with Crippen molar-refractivity contribution in [3.63, 3.8) is 0 Å². The number of piperazine rings is 1. The summed E-state index contributed by atoms with van der Waals surface area (Å²) in [6, 6.07) is 1.67. The summed E-state index contributed by atoms with van der Waals surface area (Å²) < 4.78 is 1.39. The normalized spacial score (nSPS) is 43.4. The molecule has 2 nitrogen and oxygen atoms in total. The Hall–Kier alpha value is -0.0800. The van der Waals surface area contributed by atoms with Crippen LogP contribution in [0.1, 0.15) is 20.3 Å². The summed E-state index contributed by atoms with van der Waals surface area (Å²) in [5, 5.41) is 3.57. The Morgan fingerprint density at radius 3 is 2.82 bits per heavy atom. The maximum atomic E-state index is 3.57. The molecular weight excluding hydrogens is 136 g/mol. The highest BCUT2D eigenvalue weighted by Crippen LogP contribution is 2.26. The monoisotopic (exact) mass is 155 g/mol. The fourth-order valence-electron chi connectivity index (χ4n) is 2.62. The number of rotatable bonds is 1. The van der Waals surface area contributed by atoms with E-state index in [0.717, 1.165) is 12.1 Å². The van der Waals surface area contributed by atoms with E-state index in [-0.39, 0.29) is 0 Å². The minimum atomic E-state index is 0.835. The van der Waals surface area contributed by atoms with Crippen LogP contribution < -0.4 is 5.32 Å². The van der Waals surface area contributed by atoms with Crippen LogP contribution in [0.2, 0.25) is 0 Å². The molecule has 2 unspecified atom stereocenters. The average molecular weight is 155 g/mol. The molecule has 11 heavy (non-hydrogen) atoms. The quantitative estimate of drug-likeness (QED) is 0.546. The van der Waals surface area contributed by atoms with Gasteiger partial charge in [0.1, 0.15) is 0 Å². The smallest absolute Gasteiger partial charge is 0.0947 e. The van der Waals surface area contributed by atoms with Crippen LogP contribution in [0.15, 0.2) is 0 Å². The van der Waals surface area contributed by atoms with Crippen molar-refractivity contribution in [1.82, 2.24) is 5.32 Å². The predicted octanol–water partition coefficient (Wildman–Crippen LogP) is 0.587. The van der Waals surface area contributed by atoms with E-state index >= 15 is 0 Å². The van der Waals surface area contributed by atoms with Gasteiger partial charge in [-0.25, -0.2) is 0 Å². The Morgan fingerprint density at radius 1 is 1.36 bits per heavy atom. The molecule has 1 N–H and O–H groups in total. The van der Waals surface area contributed by atoms with Crippen molar-refractivity contribution in [3.05, 3.63) is 0 Å². The van der Waals surface area contributed by atoms with Crippen LogP contribution in [-0.4, -0.2) is 42.7 Å². The molecule has 0 aromatic heterocycles. The molecule has 2 saturated heterocycles. The van der Waals surface area contributed by atoms with Crippen molar-refractivity contribution >= 4 is 0 Å². The number of quaternary nitrogens is 1. The Morgan fingerprint density at radius 2 is 2.18 bits per heavy atom. The standard InChI is InChI=1S/C9H19N2/c1-8(2)11-5-3-9(7-11)10-4-6-11/h8-10H,3-7H2,1-2H3/q+1. The van der Waals surface area contributed by atoms with Gasteiger partial charge in [-0.2, -0.15) is 0 Å². The van der Waals surface area contributed by atoms with Gasteiger partial charge < -0.3 is 9.80 Å². The van der Waals surface area contributed by atoms with Gasteiger partial charge in [0.2, 0.25) is 0 Å². The Labute approximate surface area is 69.2 Å². The fourth-order valence-corrected chi connectivity index (χ4v) is 2.62.